The zero-order valence-electron chi connectivity index (χ0n) is 17.9. The molecule has 0 N–H and O–H groups in total. The van der Waals surface area contributed by atoms with E-state index in [1.807, 2.05) is 43.3 Å². The maximum Gasteiger partial charge on any atom is 0.270 e. The number of hydrogen-bond acceptors (Lipinski definition) is 3. The van der Waals surface area contributed by atoms with Crippen LogP contribution in [-0.2, 0) is 11.3 Å². The molecule has 1 aliphatic heterocycles. The van der Waals surface area contributed by atoms with Crippen molar-refractivity contribution < 1.29 is 9.18 Å². The second-order valence-electron chi connectivity index (χ2n) is 7.81. The fourth-order valence-corrected chi connectivity index (χ4v) is 5.87. The number of halogens is 3. The van der Waals surface area contributed by atoms with Crippen molar-refractivity contribution in [3.8, 4) is 0 Å². The van der Waals surface area contributed by atoms with E-state index in [2.05, 4.69) is 4.57 Å². The highest BCUT2D eigenvalue weighted by Gasteiger charge is 2.35. The van der Waals surface area contributed by atoms with Crippen LogP contribution < -0.4 is 4.90 Å². The van der Waals surface area contributed by atoms with Crippen molar-refractivity contribution >= 4 is 80.1 Å². The molecule has 5 rings (SSSR count). The molecule has 1 fully saturated rings. The summed E-state index contributed by atoms with van der Waals surface area (Å²) < 4.78 is 16.8. The summed E-state index contributed by atoms with van der Waals surface area (Å²) in [5, 5.41) is 1.81. The highest BCUT2D eigenvalue weighted by Crippen LogP contribution is 2.41. The normalized spacial score (nSPS) is 15.2. The molecule has 1 aliphatic rings. The van der Waals surface area contributed by atoms with Gasteiger partial charge < -0.3 is 4.57 Å². The van der Waals surface area contributed by atoms with Gasteiger partial charge in [0.1, 0.15) is 5.82 Å². The summed E-state index contributed by atoms with van der Waals surface area (Å²) >= 11 is 19.1. The van der Waals surface area contributed by atoms with Crippen LogP contribution >= 0.6 is 47.2 Å². The zero-order valence-corrected chi connectivity index (χ0v) is 21.0. The average molecular weight is 527 g/mol. The Morgan fingerprint density at radius 2 is 1.79 bits per heavy atom. The van der Waals surface area contributed by atoms with E-state index in [0.29, 0.717) is 37.1 Å². The quantitative estimate of drug-likeness (QED) is 0.200. The van der Waals surface area contributed by atoms with Gasteiger partial charge in [-0.05, 0) is 43.3 Å². The Hall–Kier alpha value is -2.64. The molecule has 34 heavy (non-hydrogen) atoms. The Morgan fingerprint density at radius 1 is 1.06 bits per heavy atom. The van der Waals surface area contributed by atoms with Crippen LogP contribution in [0.3, 0.4) is 0 Å². The highest BCUT2D eigenvalue weighted by atomic mass is 35.5. The minimum absolute atomic E-state index is 0.246. The number of thiocarbonyl (C=S) groups is 1. The van der Waals surface area contributed by atoms with E-state index in [4.69, 9.17) is 35.4 Å². The number of thioether (sulfide) groups is 1. The van der Waals surface area contributed by atoms with Gasteiger partial charge in [-0.15, -0.1) is 0 Å². The van der Waals surface area contributed by atoms with E-state index in [1.54, 1.807) is 30.3 Å². The molecular formula is C26H17Cl2FN2OS2. The van der Waals surface area contributed by atoms with Crippen LogP contribution in [0.1, 0.15) is 16.8 Å². The van der Waals surface area contributed by atoms with Gasteiger partial charge in [0.15, 0.2) is 4.32 Å². The third-order valence-electron chi connectivity index (χ3n) is 5.79. The standard InChI is InChI=1S/C26H17Cl2FN2OS2/c1-15-19(13-24-25(32)31(26(33)34-24)23-11-10-17(27)12-20(23)28)18-7-3-5-9-22(18)30(15)14-16-6-2-4-8-21(16)29/h2-13H,14H2,1H3/b24-13+. The number of hydrogen-bond donors (Lipinski definition) is 0. The van der Waals surface area contributed by atoms with Gasteiger partial charge in [-0.25, -0.2) is 4.39 Å². The van der Waals surface area contributed by atoms with Gasteiger partial charge >= 0.3 is 0 Å². The molecule has 0 bridgehead atoms. The van der Waals surface area contributed by atoms with Crippen LogP contribution in [0.25, 0.3) is 17.0 Å². The monoisotopic (exact) mass is 526 g/mol. The number of anilines is 1. The number of nitrogens with zero attached hydrogens (tertiary/aromatic N) is 2. The summed E-state index contributed by atoms with van der Waals surface area (Å²) in [7, 11) is 0. The second kappa shape index (κ2) is 9.19. The summed E-state index contributed by atoms with van der Waals surface area (Å²) in [4.78, 5) is 15.3. The smallest absolute Gasteiger partial charge is 0.270 e. The molecule has 0 atom stereocenters. The first kappa shape index (κ1) is 23.1. The fraction of sp³-hybridized carbons (Fsp3) is 0.0769. The van der Waals surface area contributed by atoms with Crippen molar-refractivity contribution in [1.82, 2.24) is 4.57 Å². The summed E-state index contributed by atoms with van der Waals surface area (Å²) in [6, 6.07) is 19.6. The molecular weight excluding hydrogens is 510 g/mol. The molecule has 2 heterocycles. The molecule has 8 heteroatoms. The van der Waals surface area contributed by atoms with E-state index in [0.717, 1.165) is 22.2 Å². The van der Waals surface area contributed by atoms with Gasteiger partial charge in [0, 0.05) is 32.7 Å². The molecule has 1 amide bonds. The number of fused-ring (bicyclic) bond motifs is 1. The average Bonchev–Trinajstić information content (AvgIpc) is 3.23. The minimum Gasteiger partial charge on any atom is -0.340 e. The number of rotatable bonds is 4. The second-order valence-corrected chi connectivity index (χ2v) is 10.3. The molecule has 4 aromatic rings. The Kier molecular flexibility index (Phi) is 6.25. The first-order valence-electron chi connectivity index (χ1n) is 10.4. The number of carbonyl (C=O) groups excluding carboxylic acids is 1. The molecule has 1 aromatic heterocycles. The number of benzene rings is 3. The van der Waals surface area contributed by atoms with Crippen LogP contribution in [0.4, 0.5) is 10.1 Å². The third kappa shape index (κ3) is 4.05. The lowest BCUT2D eigenvalue weighted by atomic mass is 10.1. The number of carbonyl (C=O) groups is 1. The van der Waals surface area contributed by atoms with Crippen LogP contribution in [0.5, 0.6) is 0 Å². The molecule has 3 nitrogen and oxygen atoms in total. The summed E-state index contributed by atoms with van der Waals surface area (Å²) in [5.74, 6) is -0.494. The minimum atomic E-state index is -0.248. The SMILES string of the molecule is Cc1c(/C=C2/SC(=S)N(c3ccc(Cl)cc3Cl)C2=O)c2ccccc2n1Cc1ccccc1F. The molecule has 0 spiro atoms. The summed E-state index contributed by atoms with van der Waals surface area (Å²) in [5.41, 5.74) is 3.89. The molecule has 170 valence electrons. The van der Waals surface area contributed by atoms with E-state index in [1.165, 1.54) is 22.7 Å². The predicted octanol–water partition coefficient (Wildman–Crippen LogP) is 7.85. The van der Waals surface area contributed by atoms with E-state index >= 15 is 0 Å². The summed E-state index contributed by atoms with van der Waals surface area (Å²) in [6.07, 6.45) is 1.86. The third-order valence-corrected chi connectivity index (χ3v) is 7.63. The van der Waals surface area contributed by atoms with E-state index < -0.39 is 0 Å². The Labute approximate surface area is 215 Å². The molecule has 0 unspecified atom stereocenters. The van der Waals surface area contributed by atoms with Crippen molar-refractivity contribution in [3.63, 3.8) is 0 Å². The van der Waals surface area contributed by atoms with Crippen molar-refractivity contribution in [2.24, 2.45) is 0 Å². The molecule has 3 aromatic carbocycles. The maximum atomic E-state index is 14.4. The van der Waals surface area contributed by atoms with Gasteiger partial charge in [0.05, 0.1) is 22.2 Å². The van der Waals surface area contributed by atoms with Gasteiger partial charge in [-0.1, -0.05) is 83.6 Å². The number of amides is 1. The van der Waals surface area contributed by atoms with E-state index in [9.17, 15) is 9.18 Å². The Balaban J connectivity index is 1.58. The molecule has 1 saturated heterocycles. The van der Waals surface area contributed by atoms with Crippen molar-refractivity contribution in [3.05, 3.63) is 104 Å². The van der Waals surface area contributed by atoms with Gasteiger partial charge in [0.25, 0.3) is 5.91 Å². The van der Waals surface area contributed by atoms with Crippen LogP contribution in [0.2, 0.25) is 10.0 Å². The van der Waals surface area contributed by atoms with Crippen LogP contribution in [-0.4, -0.2) is 14.8 Å². The topological polar surface area (TPSA) is 25.2 Å². The van der Waals surface area contributed by atoms with Gasteiger partial charge in [-0.2, -0.15) is 0 Å². The van der Waals surface area contributed by atoms with Gasteiger partial charge in [-0.3, -0.25) is 9.69 Å². The van der Waals surface area contributed by atoms with Crippen molar-refractivity contribution in [1.29, 1.82) is 0 Å². The van der Waals surface area contributed by atoms with Crippen LogP contribution in [0, 0.1) is 12.7 Å². The lowest BCUT2D eigenvalue weighted by Crippen LogP contribution is -2.27. The molecule has 0 saturated carbocycles. The zero-order chi connectivity index (χ0) is 24.0. The summed E-state index contributed by atoms with van der Waals surface area (Å²) in [6.45, 7) is 2.36. The number of aromatic nitrogens is 1. The Morgan fingerprint density at radius 3 is 2.56 bits per heavy atom. The predicted molar refractivity (Wildman–Crippen MR) is 144 cm³/mol. The van der Waals surface area contributed by atoms with Crippen molar-refractivity contribution in [2.45, 2.75) is 13.5 Å². The molecule has 0 radical (unpaired) electrons. The van der Waals surface area contributed by atoms with E-state index in [-0.39, 0.29) is 11.7 Å². The lowest BCUT2D eigenvalue weighted by Gasteiger charge is -2.16. The molecule has 0 aliphatic carbocycles. The van der Waals surface area contributed by atoms with Crippen molar-refractivity contribution in [2.75, 3.05) is 4.90 Å². The fourth-order valence-electron chi connectivity index (χ4n) is 4.11. The first-order chi connectivity index (χ1) is 16.3. The largest absolute Gasteiger partial charge is 0.340 e. The Bertz CT molecular complexity index is 1510. The van der Waals surface area contributed by atoms with Crippen LogP contribution in [0.15, 0.2) is 71.6 Å². The van der Waals surface area contributed by atoms with Gasteiger partial charge in [0.2, 0.25) is 0 Å². The number of para-hydroxylation sites is 1. The highest BCUT2D eigenvalue weighted by molar-refractivity contribution is 8.27. The lowest BCUT2D eigenvalue weighted by molar-refractivity contribution is -0.113. The first-order valence-corrected chi connectivity index (χ1v) is 12.4. The maximum absolute atomic E-state index is 14.4.